The van der Waals surface area contributed by atoms with Crippen molar-refractivity contribution in [2.24, 2.45) is 0 Å². The zero-order chi connectivity index (χ0) is 22.8. The van der Waals surface area contributed by atoms with E-state index in [-0.39, 0.29) is 17.9 Å². The number of ether oxygens (including phenoxy) is 2. The third-order valence-electron chi connectivity index (χ3n) is 4.95. The first-order valence-electron chi connectivity index (χ1n) is 9.25. The average molecular weight is 476 g/mol. The van der Waals surface area contributed by atoms with Gasteiger partial charge in [-0.05, 0) is 42.8 Å². The molecule has 2 aromatic rings. The molecule has 1 aliphatic rings. The molecule has 0 radical (unpaired) electrons. The van der Waals surface area contributed by atoms with Crippen LogP contribution in [0.2, 0.25) is 5.02 Å². The number of sulfone groups is 1. The van der Waals surface area contributed by atoms with Crippen LogP contribution in [0.25, 0.3) is 0 Å². The van der Waals surface area contributed by atoms with Crippen molar-refractivity contribution in [1.82, 2.24) is 5.32 Å². The number of methoxy groups -OCH3 is 1. The molecule has 2 aromatic carbocycles. The van der Waals surface area contributed by atoms with E-state index in [9.17, 15) is 27.1 Å². The number of aliphatic hydroxyl groups is 1. The molecule has 3 atom stereocenters. The fourth-order valence-corrected chi connectivity index (χ4v) is 5.55. The smallest absolute Gasteiger partial charge is 0.322 e. The molecular formula is C20H20ClF2NO6S. The molecule has 168 valence electrons. The van der Waals surface area contributed by atoms with Crippen molar-refractivity contribution >= 4 is 27.4 Å². The summed E-state index contributed by atoms with van der Waals surface area (Å²) in [5, 5.41) is 10.7. The van der Waals surface area contributed by atoms with E-state index >= 15 is 0 Å². The predicted molar refractivity (Wildman–Crippen MR) is 108 cm³/mol. The van der Waals surface area contributed by atoms with E-state index in [0.29, 0.717) is 5.02 Å². The molecule has 0 amide bonds. The largest absolute Gasteiger partial charge is 0.488 e. The molecule has 0 spiro atoms. The lowest BCUT2D eigenvalue weighted by molar-refractivity contribution is -0.143. The maximum absolute atomic E-state index is 14.8. The number of carbonyl (C=O) groups excluding carboxylic acids is 1. The first-order chi connectivity index (χ1) is 14.7. The van der Waals surface area contributed by atoms with Crippen molar-refractivity contribution in [3.63, 3.8) is 0 Å². The molecule has 3 rings (SSSR count). The van der Waals surface area contributed by atoms with E-state index in [1.54, 1.807) is 0 Å². The van der Waals surface area contributed by atoms with Crippen LogP contribution in [0, 0.1) is 11.6 Å². The van der Waals surface area contributed by atoms with Crippen LogP contribution in [-0.2, 0) is 19.4 Å². The van der Waals surface area contributed by atoms with Gasteiger partial charge in [0, 0.05) is 11.6 Å². The van der Waals surface area contributed by atoms with E-state index in [1.807, 2.05) is 0 Å². The zero-order valence-corrected chi connectivity index (χ0v) is 17.9. The number of hydrogen-bond donors (Lipinski definition) is 2. The summed E-state index contributed by atoms with van der Waals surface area (Å²) in [7, 11) is -3.16. The number of halogens is 3. The molecule has 31 heavy (non-hydrogen) atoms. The molecular weight excluding hydrogens is 456 g/mol. The Morgan fingerprint density at radius 3 is 2.52 bits per heavy atom. The molecule has 0 saturated heterocycles. The van der Waals surface area contributed by atoms with Crippen LogP contribution in [-0.4, -0.2) is 51.9 Å². The van der Waals surface area contributed by atoms with Crippen LogP contribution in [0.4, 0.5) is 8.78 Å². The highest BCUT2D eigenvalue weighted by Crippen LogP contribution is 2.43. The SMILES string of the molecule is COC(=O)C(CCO)N[C@H]1COc2c(F)ccc(F)c2[C@@H]1S(=O)(=O)c1ccc(Cl)cc1. The van der Waals surface area contributed by atoms with Gasteiger partial charge in [-0.2, -0.15) is 0 Å². The van der Waals surface area contributed by atoms with Crippen LogP contribution < -0.4 is 10.1 Å². The summed E-state index contributed by atoms with van der Waals surface area (Å²) in [6.07, 6.45) is -0.0879. The summed E-state index contributed by atoms with van der Waals surface area (Å²) in [6, 6.07) is 4.65. The van der Waals surface area contributed by atoms with Gasteiger partial charge in [-0.1, -0.05) is 11.6 Å². The molecule has 0 aromatic heterocycles. The Labute approximate surface area is 182 Å². The predicted octanol–water partition coefficient (Wildman–Crippen LogP) is 2.41. The number of nitrogens with one attached hydrogen (secondary N) is 1. The van der Waals surface area contributed by atoms with Gasteiger partial charge < -0.3 is 14.6 Å². The van der Waals surface area contributed by atoms with E-state index in [4.69, 9.17) is 16.3 Å². The minimum Gasteiger partial charge on any atom is -0.488 e. The standard InChI is InChI=1S/C20H20ClF2NO6S/c1-29-20(26)15(8-9-25)24-16-10-30-18-14(23)7-6-13(22)17(18)19(16)31(27,28)12-4-2-11(21)3-5-12/h2-7,15-16,19,24-25H,8-10H2,1H3/t15?,16-,19+/m0/s1. The van der Waals surface area contributed by atoms with Crippen molar-refractivity contribution in [3.05, 3.63) is 58.6 Å². The average Bonchev–Trinajstić information content (AvgIpc) is 2.75. The van der Waals surface area contributed by atoms with E-state index in [0.717, 1.165) is 19.2 Å². The number of benzene rings is 2. The van der Waals surface area contributed by atoms with Gasteiger partial charge in [0.15, 0.2) is 21.4 Å². The second-order valence-corrected chi connectivity index (χ2v) is 9.37. The minimum absolute atomic E-state index is 0.0879. The Kier molecular flexibility index (Phi) is 7.15. The number of hydrogen-bond acceptors (Lipinski definition) is 7. The lowest BCUT2D eigenvalue weighted by atomic mass is 9.99. The third-order valence-corrected chi connectivity index (χ3v) is 7.36. The first kappa shape index (κ1) is 23.4. The molecule has 1 heterocycles. The van der Waals surface area contributed by atoms with E-state index < -0.39 is 62.7 Å². The summed E-state index contributed by atoms with van der Waals surface area (Å²) in [6.45, 7) is -0.766. The summed E-state index contributed by atoms with van der Waals surface area (Å²) < 4.78 is 66.2. The van der Waals surface area contributed by atoms with Gasteiger partial charge >= 0.3 is 5.97 Å². The molecule has 11 heteroatoms. The van der Waals surface area contributed by atoms with E-state index in [2.05, 4.69) is 10.1 Å². The van der Waals surface area contributed by atoms with Gasteiger partial charge in [0.1, 0.15) is 23.7 Å². The van der Waals surface area contributed by atoms with Gasteiger partial charge in [-0.3, -0.25) is 10.1 Å². The fourth-order valence-electron chi connectivity index (χ4n) is 3.50. The summed E-state index contributed by atoms with van der Waals surface area (Å²) in [5.74, 6) is -3.13. The van der Waals surface area contributed by atoms with Crippen LogP contribution in [0.1, 0.15) is 17.2 Å². The van der Waals surface area contributed by atoms with Gasteiger partial charge in [-0.25, -0.2) is 17.2 Å². The summed E-state index contributed by atoms with van der Waals surface area (Å²) in [5.41, 5.74) is -0.480. The van der Waals surface area contributed by atoms with Gasteiger partial charge in [0.05, 0.1) is 23.6 Å². The molecule has 0 fully saturated rings. The van der Waals surface area contributed by atoms with Crippen LogP contribution in [0.15, 0.2) is 41.3 Å². The van der Waals surface area contributed by atoms with E-state index in [1.165, 1.54) is 24.3 Å². The third kappa shape index (κ3) is 4.67. The Bertz CT molecular complexity index is 1060. The van der Waals surface area contributed by atoms with Crippen molar-refractivity contribution in [2.75, 3.05) is 20.3 Å². The second kappa shape index (κ2) is 9.47. The zero-order valence-electron chi connectivity index (χ0n) is 16.3. The lowest BCUT2D eigenvalue weighted by Gasteiger charge is -2.35. The molecule has 0 aliphatic carbocycles. The van der Waals surface area contributed by atoms with Crippen LogP contribution >= 0.6 is 11.6 Å². The Morgan fingerprint density at radius 2 is 1.90 bits per heavy atom. The molecule has 1 aliphatic heterocycles. The monoisotopic (exact) mass is 475 g/mol. The number of esters is 1. The van der Waals surface area contributed by atoms with Gasteiger partial charge in [0.25, 0.3) is 0 Å². The molecule has 2 N–H and O–H groups in total. The van der Waals surface area contributed by atoms with Crippen molar-refractivity contribution in [2.45, 2.75) is 28.6 Å². The Hall–Kier alpha value is -2.27. The first-order valence-corrected chi connectivity index (χ1v) is 11.2. The Morgan fingerprint density at radius 1 is 1.26 bits per heavy atom. The number of aliphatic hydroxyl groups excluding tert-OH is 1. The molecule has 0 saturated carbocycles. The minimum atomic E-state index is -4.30. The maximum Gasteiger partial charge on any atom is 0.322 e. The number of fused-ring (bicyclic) bond motifs is 1. The quantitative estimate of drug-likeness (QED) is 0.593. The normalized spacial score (nSPS) is 19.3. The van der Waals surface area contributed by atoms with Crippen LogP contribution in [0.3, 0.4) is 0 Å². The van der Waals surface area contributed by atoms with Crippen molar-refractivity contribution in [3.8, 4) is 5.75 Å². The van der Waals surface area contributed by atoms with Crippen molar-refractivity contribution < 1.29 is 36.6 Å². The fraction of sp³-hybridized carbons (Fsp3) is 0.350. The van der Waals surface area contributed by atoms with Crippen LogP contribution in [0.5, 0.6) is 5.75 Å². The summed E-state index contributed by atoms with van der Waals surface area (Å²) in [4.78, 5) is 11.9. The summed E-state index contributed by atoms with van der Waals surface area (Å²) >= 11 is 5.85. The number of carbonyl (C=O) groups is 1. The highest BCUT2D eigenvalue weighted by Gasteiger charge is 2.45. The van der Waals surface area contributed by atoms with Gasteiger partial charge in [0.2, 0.25) is 0 Å². The highest BCUT2D eigenvalue weighted by molar-refractivity contribution is 7.91. The molecule has 0 bridgehead atoms. The topological polar surface area (TPSA) is 102 Å². The molecule has 1 unspecified atom stereocenters. The Balaban J connectivity index is 2.14. The lowest BCUT2D eigenvalue weighted by Crippen LogP contribution is -2.52. The molecule has 7 nitrogen and oxygen atoms in total. The maximum atomic E-state index is 14.8. The number of rotatable bonds is 7. The van der Waals surface area contributed by atoms with Gasteiger partial charge in [-0.15, -0.1) is 0 Å². The highest BCUT2D eigenvalue weighted by atomic mass is 35.5. The van der Waals surface area contributed by atoms with Crippen molar-refractivity contribution in [1.29, 1.82) is 0 Å². The second-order valence-electron chi connectivity index (χ2n) is 6.86.